The van der Waals surface area contributed by atoms with E-state index in [1.165, 1.54) is 38.5 Å². The summed E-state index contributed by atoms with van der Waals surface area (Å²) in [4.78, 5) is 0. The largest absolute Gasteiger partial charge is 0.181 e. The van der Waals surface area contributed by atoms with E-state index in [9.17, 15) is 0 Å². The predicted molar refractivity (Wildman–Crippen MR) is 49.6 cm³/mol. The molecule has 0 unspecified atom stereocenters. The van der Waals surface area contributed by atoms with Gasteiger partial charge in [-0.05, 0) is 38.5 Å². The van der Waals surface area contributed by atoms with Crippen LogP contribution in [-0.4, -0.2) is 11.3 Å². The summed E-state index contributed by atoms with van der Waals surface area (Å²) >= 11 is 5.55. The molecule has 0 spiro atoms. The first-order chi connectivity index (χ1) is 4.88. The van der Waals surface area contributed by atoms with Crippen LogP contribution in [0.4, 0.5) is 0 Å². The third kappa shape index (κ3) is 1.14. The number of rotatable bonds is 0. The lowest BCUT2D eigenvalue weighted by Gasteiger charge is -2.26. The number of fused-ring (bicyclic) bond motifs is 2. The van der Waals surface area contributed by atoms with Gasteiger partial charge in [0.25, 0.3) is 0 Å². The molecule has 0 radical (unpaired) electrons. The fraction of sp³-hybridized carbons (Fsp3) is 1.00. The van der Waals surface area contributed by atoms with E-state index in [1.807, 2.05) is 0 Å². The second kappa shape index (κ2) is 2.87. The Hall–Kier alpha value is 0.520. The van der Waals surface area contributed by atoms with Crippen LogP contribution in [-0.2, 0) is 11.8 Å². The second-order valence-corrected chi connectivity index (χ2v) is 6.97. The minimum Gasteiger partial charge on any atom is -0.0448 e. The van der Waals surface area contributed by atoms with E-state index in [4.69, 9.17) is 11.8 Å². The first-order valence-electron chi connectivity index (χ1n) is 4.33. The van der Waals surface area contributed by atoms with Crippen LogP contribution in [0.2, 0.25) is 0 Å². The molecule has 2 aliphatic rings. The van der Waals surface area contributed by atoms with E-state index in [2.05, 4.69) is 0 Å². The lowest BCUT2D eigenvalue weighted by Crippen LogP contribution is -2.22. The minimum atomic E-state index is 0.0538. The third-order valence-corrected chi connectivity index (χ3v) is 7.13. The molecule has 2 heterocycles. The van der Waals surface area contributed by atoms with Crippen LogP contribution in [0, 0.1) is 0 Å². The molecule has 2 fully saturated rings. The molecule has 0 nitrogen and oxygen atoms in total. The van der Waals surface area contributed by atoms with E-state index in [1.54, 1.807) is 0 Å². The van der Waals surface area contributed by atoms with Crippen molar-refractivity contribution in [2.45, 2.75) is 49.8 Å². The summed E-state index contributed by atoms with van der Waals surface area (Å²) in [5.41, 5.74) is 2.00. The monoisotopic (exact) mass is 173 g/mol. The van der Waals surface area contributed by atoms with E-state index < -0.39 is 0 Å². The summed E-state index contributed by atoms with van der Waals surface area (Å²) in [7, 11) is 0. The summed E-state index contributed by atoms with van der Waals surface area (Å²) in [6.07, 6.45) is 8.81. The van der Waals surface area contributed by atoms with Gasteiger partial charge < -0.3 is 0 Å². The van der Waals surface area contributed by atoms with Crippen LogP contribution in [0.15, 0.2) is 0 Å². The molecule has 2 saturated heterocycles. The first-order valence-corrected chi connectivity index (χ1v) is 6.83. The Labute approximate surface area is 68.8 Å². The third-order valence-electron chi connectivity index (χ3n) is 2.87. The summed E-state index contributed by atoms with van der Waals surface area (Å²) < 4.78 is 0. The molecular weight excluding hydrogens is 159 g/mol. The van der Waals surface area contributed by atoms with Crippen molar-refractivity contribution in [3.63, 3.8) is 0 Å². The van der Waals surface area contributed by atoms with Crippen molar-refractivity contribution in [3.8, 4) is 0 Å². The Morgan fingerprint density at radius 2 is 1.30 bits per heavy atom. The first kappa shape index (κ1) is 7.18. The molecule has 2 heteroatoms. The van der Waals surface area contributed by atoms with Crippen molar-refractivity contribution in [1.29, 1.82) is 0 Å². The van der Waals surface area contributed by atoms with Gasteiger partial charge >= 0.3 is 0 Å². The molecule has 0 saturated carbocycles. The van der Waals surface area contributed by atoms with Gasteiger partial charge in [0.1, 0.15) is 11.3 Å². The summed E-state index contributed by atoms with van der Waals surface area (Å²) in [6, 6.07) is 0. The van der Waals surface area contributed by atoms with E-state index in [0.29, 0.717) is 0 Å². The Morgan fingerprint density at radius 1 is 0.900 bits per heavy atom. The van der Waals surface area contributed by atoms with Crippen molar-refractivity contribution in [2.24, 2.45) is 0 Å². The van der Waals surface area contributed by atoms with Gasteiger partial charge in [-0.3, -0.25) is 0 Å². The summed E-state index contributed by atoms with van der Waals surface area (Å²) in [6.45, 7) is 0.0538. The quantitative estimate of drug-likeness (QED) is 0.507. The van der Waals surface area contributed by atoms with Crippen LogP contribution >= 0.6 is 6.70 Å². The van der Waals surface area contributed by atoms with Crippen LogP contribution in [0.3, 0.4) is 0 Å². The molecular formula is C8H14PS+. The molecule has 2 rings (SSSR count). The highest BCUT2D eigenvalue weighted by Crippen LogP contribution is 2.51. The zero-order chi connectivity index (χ0) is 6.97. The topological polar surface area (TPSA) is 0 Å². The Morgan fingerprint density at radius 3 is 1.60 bits per heavy atom. The number of hydrogen-bond acceptors (Lipinski definition) is 1. The van der Waals surface area contributed by atoms with Gasteiger partial charge in [0.15, 0.2) is 18.5 Å². The maximum absolute atomic E-state index is 5.55. The van der Waals surface area contributed by atoms with Gasteiger partial charge in [-0.2, -0.15) is 0 Å². The molecule has 0 aliphatic carbocycles. The average Bonchev–Trinajstić information content (AvgIpc) is 1.86. The van der Waals surface area contributed by atoms with Crippen molar-refractivity contribution in [1.82, 2.24) is 0 Å². The molecule has 56 valence electrons. The normalized spacial score (nSPS) is 43.4. The Kier molecular flexibility index (Phi) is 2.06. The molecule has 0 aromatic heterocycles. The molecule has 10 heavy (non-hydrogen) atoms. The second-order valence-electron chi connectivity index (χ2n) is 3.53. The molecule has 2 bridgehead atoms. The van der Waals surface area contributed by atoms with Gasteiger partial charge in [-0.25, -0.2) is 0 Å². The summed E-state index contributed by atoms with van der Waals surface area (Å²) in [5.74, 6) is 0. The van der Waals surface area contributed by atoms with Gasteiger partial charge in [0.05, 0.1) is 0 Å². The van der Waals surface area contributed by atoms with E-state index in [-0.39, 0.29) is 6.70 Å². The van der Waals surface area contributed by atoms with Crippen LogP contribution in [0.1, 0.15) is 38.5 Å². The zero-order valence-corrected chi connectivity index (χ0v) is 7.96. The minimum absolute atomic E-state index is 0.0538. The van der Waals surface area contributed by atoms with Crippen molar-refractivity contribution in [2.75, 3.05) is 0 Å². The zero-order valence-electron chi connectivity index (χ0n) is 6.25. The molecule has 0 amide bonds. The Bertz CT molecular complexity index is 131. The molecule has 0 aromatic rings. The highest BCUT2D eigenvalue weighted by Gasteiger charge is 2.40. The lowest BCUT2D eigenvalue weighted by atomic mass is 9.99. The van der Waals surface area contributed by atoms with Crippen molar-refractivity contribution >= 4 is 18.5 Å². The maximum Gasteiger partial charge on any atom is 0.181 e. The predicted octanol–water partition coefficient (Wildman–Crippen LogP) is 3.04. The molecule has 0 atom stereocenters. The number of hydrogen-bond donors (Lipinski definition) is 0. The summed E-state index contributed by atoms with van der Waals surface area (Å²) in [5, 5.41) is 0. The van der Waals surface area contributed by atoms with Gasteiger partial charge in [-0.15, -0.1) is 0 Å². The van der Waals surface area contributed by atoms with Crippen LogP contribution in [0.25, 0.3) is 0 Å². The fourth-order valence-corrected chi connectivity index (χ4v) is 5.88. The van der Waals surface area contributed by atoms with Crippen LogP contribution < -0.4 is 0 Å². The molecule has 0 N–H and O–H groups in total. The van der Waals surface area contributed by atoms with E-state index in [0.717, 1.165) is 11.3 Å². The van der Waals surface area contributed by atoms with Gasteiger partial charge in [0.2, 0.25) is 0 Å². The molecule has 2 aliphatic heterocycles. The SMILES string of the molecule is S=[P+]1C2CCCC1CCC2. The van der Waals surface area contributed by atoms with Crippen LogP contribution in [0.5, 0.6) is 0 Å². The van der Waals surface area contributed by atoms with Gasteiger partial charge in [-0.1, -0.05) is 0 Å². The Balaban J connectivity index is 2.12. The average molecular weight is 173 g/mol. The highest BCUT2D eigenvalue weighted by molar-refractivity contribution is 8.05. The maximum atomic E-state index is 5.55. The smallest absolute Gasteiger partial charge is 0.0448 e. The lowest BCUT2D eigenvalue weighted by molar-refractivity contribution is 0.482. The molecule has 0 aromatic carbocycles. The van der Waals surface area contributed by atoms with Crippen molar-refractivity contribution in [3.05, 3.63) is 0 Å². The standard InChI is InChI=1S/C8H14PS/c10-9-7-3-1-4-8(9)6-2-5-7/h7-8H,1-6H2/q+1. The van der Waals surface area contributed by atoms with E-state index >= 15 is 0 Å². The van der Waals surface area contributed by atoms with Gasteiger partial charge in [0, 0.05) is 0 Å². The van der Waals surface area contributed by atoms with Crippen molar-refractivity contribution < 1.29 is 0 Å². The highest BCUT2D eigenvalue weighted by atomic mass is 32.4. The fourth-order valence-electron chi connectivity index (χ4n) is 2.27.